The Hall–Kier alpha value is -1.01. The lowest BCUT2D eigenvalue weighted by atomic mass is 10.2. The molecule has 21 heavy (non-hydrogen) atoms. The Morgan fingerprint density at radius 1 is 1.19 bits per heavy atom. The van der Waals surface area contributed by atoms with Crippen LogP contribution in [0, 0.1) is 4.77 Å². The van der Waals surface area contributed by atoms with E-state index >= 15 is 0 Å². The Morgan fingerprint density at radius 3 is 2.62 bits per heavy atom. The molecule has 0 radical (unpaired) electrons. The van der Waals surface area contributed by atoms with Gasteiger partial charge in [0.05, 0.1) is 33.9 Å². The number of hydrogen-bond donors (Lipinski definition) is 1. The van der Waals surface area contributed by atoms with Crippen molar-refractivity contribution in [1.82, 2.24) is 9.55 Å². The zero-order chi connectivity index (χ0) is 15.1. The summed E-state index contributed by atoms with van der Waals surface area (Å²) in [6, 6.07) is 9.23. The molecular weight excluding hydrogens is 395 g/mol. The molecule has 3 aromatic rings. The lowest BCUT2D eigenvalue weighted by Crippen LogP contribution is -1.96. The summed E-state index contributed by atoms with van der Waals surface area (Å²) in [5.74, 6) is 0.740. The van der Waals surface area contributed by atoms with Crippen LogP contribution in [0.5, 0.6) is 5.75 Å². The molecule has 0 fully saturated rings. The number of nitrogens with one attached hydrogen (secondary N) is 1. The number of aromatic nitrogens is 2. The molecule has 0 amide bonds. The maximum absolute atomic E-state index is 6.13. The molecule has 0 aliphatic carbocycles. The monoisotopic (exact) mass is 402 g/mol. The van der Waals surface area contributed by atoms with Gasteiger partial charge in [0, 0.05) is 10.5 Å². The van der Waals surface area contributed by atoms with Gasteiger partial charge in [-0.15, -0.1) is 0 Å². The molecule has 7 heteroatoms. The summed E-state index contributed by atoms with van der Waals surface area (Å²) in [5, 5.41) is 0.961. The van der Waals surface area contributed by atoms with Crippen molar-refractivity contribution >= 4 is 62.4 Å². The third-order valence-electron chi connectivity index (χ3n) is 3.12. The molecule has 0 aliphatic heterocycles. The Labute approximate surface area is 144 Å². The minimum atomic E-state index is 0.478. The van der Waals surface area contributed by atoms with Crippen LogP contribution in [-0.4, -0.2) is 16.7 Å². The van der Waals surface area contributed by atoms with Crippen molar-refractivity contribution in [3.05, 3.63) is 49.6 Å². The molecule has 0 bridgehead atoms. The van der Waals surface area contributed by atoms with Crippen LogP contribution in [0.3, 0.4) is 0 Å². The highest BCUT2D eigenvalue weighted by atomic mass is 79.9. The number of H-pyrrole nitrogens is 1. The average Bonchev–Trinajstić information content (AvgIpc) is 2.75. The van der Waals surface area contributed by atoms with Gasteiger partial charge in [-0.25, -0.2) is 0 Å². The summed E-state index contributed by atoms with van der Waals surface area (Å²) in [6.45, 7) is 0. The first-order valence-corrected chi connectivity index (χ1v) is 7.90. The molecule has 1 aromatic heterocycles. The number of methoxy groups -OCH3 is 1. The van der Waals surface area contributed by atoms with E-state index in [1.165, 1.54) is 0 Å². The predicted molar refractivity (Wildman–Crippen MR) is 92.7 cm³/mol. The molecule has 0 atom stereocenters. The van der Waals surface area contributed by atoms with Crippen LogP contribution in [0.1, 0.15) is 0 Å². The van der Waals surface area contributed by atoms with Gasteiger partial charge in [-0.3, -0.25) is 4.57 Å². The van der Waals surface area contributed by atoms with E-state index in [1.54, 1.807) is 19.2 Å². The number of rotatable bonds is 2. The van der Waals surface area contributed by atoms with Gasteiger partial charge in [0.1, 0.15) is 5.75 Å². The second-order valence-corrected chi connectivity index (χ2v) is 6.42. The van der Waals surface area contributed by atoms with E-state index in [9.17, 15) is 0 Å². The first-order chi connectivity index (χ1) is 10.0. The Kier molecular flexibility index (Phi) is 4.01. The zero-order valence-corrected chi connectivity index (χ0v) is 14.7. The summed E-state index contributed by atoms with van der Waals surface area (Å²) in [6.07, 6.45) is 0. The molecule has 3 nitrogen and oxygen atoms in total. The van der Waals surface area contributed by atoms with Gasteiger partial charge in [-0.1, -0.05) is 23.2 Å². The van der Waals surface area contributed by atoms with Crippen LogP contribution in [0.4, 0.5) is 0 Å². The lowest BCUT2D eigenvalue weighted by Gasteiger charge is -2.10. The molecule has 3 rings (SSSR count). The van der Waals surface area contributed by atoms with Crippen molar-refractivity contribution < 1.29 is 4.74 Å². The number of aromatic amines is 1. The molecule has 0 saturated carbocycles. The topological polar surface area (TPSA) is 29.9 Å². The summed E-state index contributed by atoms with van der Waals surface area (Å²) in [7, 11) is 1.62. The van der Waals surface area contributed by atoms with Gasteiger partial charge in [-0.05, 0) is 52.4 Å². The van der Waals surface area contributed by atoms with Crippen molar-refractivity contribution in [1.29, 1.82) is 0 Å². The van der Waals surface area contributed by atoms with E-state index in [1.807, 2.05) is 22.8 Å². The number of hydrogen-bond acceptors (Lipinski definition) is 2. The molecule has 2 aromatic carbocycles. The van der Waals surface area contributed by atoms with E-state index in [-0.39, 0.29) is 0 Å². The van der Waals surface area contributed by atoms with Crippen LogP contribution in [0.2, 0.25) is 10.0 Å². The molecular formula is C14H9BrCl2N2OS. The summed E-state index contributed by atoms with van der Waals surface area (Å²) >= 11 is 21.1. The van der Waals surface area contributed by atoms with Gasteiger partial charge in [0.25, 0.3) is 0 Å². The largest absolute Gasteiger partial charge is 0.497 e. The average molecular weight is 404 g/mol. The highest BCUT2D eigenvalue weighted by molar-refractivity contribution is 9.10. The van der Waals surface area contributed by atoms with E-state index in [2.05, 4.69) is 20.9 Å². The van der Waals surface area contributed by atoms with Crippen molar-refractivity contribution in [3.8, 4) is 11.4 Å². The number of fused-ring (bicyclic) bond motifs is 1. The number of imidazole rings is 1. The van der Waals surface area contributed by atoms with Gasteiger partial charge in [0.15, 0.2) is 4.77 Å². The zero-order valence-electron chi connectivity index (χ0n) is 10.8. The summed E-state index contributed by atoms with van der Waals surface area (Å²) < 4.78 is 8.61. The maximum atomic E-state index is 6.13. The van der Waals surface area contributed by atoms with Crippen LogP contribution >= 0.6 is 51.3 Å². The summed E-state index contributed by atoms with van der Waals surface area (Å²) in [4.78, 5) is 3.13. The minimum absolute atomic E-state index is 0.478. The second kappa shape index (κ2) is 5.65. The van der Waals surface area contributed by atoms with Gasteiger partial charge < -0.3 is 9.72 Å². The van der Waals surface area contributed by atoms with Crippen molar-refractivity contribution in [2.45, 2.75) is 0 Å². The standard InChI is InChI=1S/C14H9BrCl2N2OS/c1-20-7-2-3-8(15)12(4-7)19-13-6-10(17)9(16)5-11(13)18-14(19)21/h2-6H,1H3,(H,18,21). The van der Waals surface area contributed by atoms with E-state index < -0.39 is 0 Å². The van der Waals surface area contributed by atoms with Crippen LogP contribution in [0.15, 0.2) is 34.8 Å². The number of ether oxygens (including phenoxy) is 1. The van der Waals surface area contributed by atoms with Gasteiger partial charge in [-0.2, -0.15) is 0 Å². The molecule has 108 valence electrons. The van der Waals surface area contributed by atoms with Crippen molar-refractivity contribution in [2.75, 3.05) is 7.11 Å². The smallest absolute Gasteiger partial charge is 0.182 e. The summed E-state index contributed by atoms with van der Waals surface area (Å²) in [5.41, 5.74) is 2.54. The van der Waals surface area contributed by atoms with Crippen LogP contribution < -0.4 is 4.74 Å². The fourth-order valence-electron chi connectivity index (χ4n) is 2.13. The number of benzene rings is 2. The van der Waals surface area contributed by atoms with Crippen molar-refractivity contribution in [3.63, 3.8) is 0 Å². The first-order valence-electron chi connectivity index (χ1n) is 5.95. The lowest BCUT2D eigenvalue weighted by molar-refractivity contribution is 0.414. The van der Waals surface area contributed by atoms with E-state index in [4.69, 9.17) is 40.2 Å². The highest BCUT2D eigenvalue weighted by Crippen LogP contribution is 2.32. The molecule has 1 heterocycles. The fourth-order valence-corrected chi connectivity index (χ4v) is 3.18. The molecule has 0 saturated heterocycles. The third kappa shape index (κ3) is 2.59. The SMILES string of the molecule is COc1ccc(Br)c(-n2c(=S)[nH]c3cc(Cl)c(Cl)cc32)c1. The van der Waals surface area contributed by atoms with Crippen LogP contribution in [-0.2, 0) is 0 Å². The predicted octanol–water partition coefficient (Wildman–Crippen LogP) is 5.77. The minimum Gasteiger partial charge on any atom is -0.497 e. The number of halogens is 3. The van der Waals surface area contributed by atoms with Gasteiger partial charge in [0.2, 0.25) is 0 Å². The Morgan fingerprint density at radius 2 is 1.90 bits per heavy atom. The molecule has 0 aliphatic rings. The van der Waals surface area contributed by atoms with E-state index in [0.29, 0.717) is 14.8 Å². The maximum Gasteiger partial charge on any atom is 0.182 e. The first kappa shape index (κ1) is 14.9. The normalized spacial score (nSPS) is 11.0. The fraction of sp³-hybridized carbons (Fsp3) is 0.0714. The molecule has 0 unspecified atom stereocenters. The molecule has 1 N–H and O–H groups in total. The van der Waals surface area contributed by atoms with Crippen LogP contribution in [0.25, 0.3) is 16.7 Å². The second-order valence-electron chi connectivity index (χ2n) is 4.37. The third-order valence-corrected chi connectivity index (χ3v) is 4.80. The number of nitrogens with zero attached hydrogens (tertiary/aromatic N) is 1. The van der Waals surface area contributed by atoms with E-state index in [0.717, 1.165) is 26.9 Å². The Balaban J connectivity index is 2.37. The quantitative estimate of drug-likeness (QED) is 0.550. The molecule has 0 spiro atoms. The Bertz CT molecular complexity index is 904. The highest BCUT2D eigenvalue weighted by Gasteiger charge is 2.12. The van der Waals surface area contributed by atoms with Crippen molar-refractivity contribution in [2.24, 2.45) is 0 Å². The van der Waals surface area contributed by atoms with Gasteiger partial charge >= 0.3 is 0 Å².